The highest BCUT2D eigenvalue weighted by molar-refractivity contribution is 5.92. The second kappa shape index (κ2) is 7.27. The van der Waals surface area contributed by atoms with Crippen LogP contribution in [0.1, 0.15) is 47.9 Å². The van der Waals surface area contributed by atoms with Gasteiger partial charge in [0.25, 0.3) is 5.91 Å². The lowest BCUT2D eigenvalue weighted by Gasteiger charge is -2.28. The first-order valence-corrected chi connectivity index (χ1v) is 8.42. The summed E-state index contributed by atoms with van der Waals surface area (Å²) in [6, 6.07) is 8.28. The SMILES string of the molecule is Cl.Cn1cncc1C(=O)N[C@@H]1CCC[C@H](c2nc3ccccc3[nH]2)C1. The highest BCUT2D eigenvalue weighted by atomic mass is 35.5. The van der Waals surface area contributed by atoms with Crippen molar-refractivity contribution in [3.8, 4) is 0 Å². The molecule has 2 aromatic heterocycles. The summed E-state index contributed by atoms with van der Waals surface area (Å²) < 4.78 is 1.74. The third-order valence-corrected chi connectivity index (χ3v) is 4.85. The summed E-state index contributed by atoms with van der Waals surface area (Å²) in [6.07, 6.45) is 7.39. The molecule has 1 saturated carbocycles. The molecular weight excluding hydrogens is 338 g/mol. The first kappa shape index (κ1) is 17.5. The van der Waals surface area contributed by atoms with Crippen molar-refractivity contribution < 1.29 is 4.79 Å². The molecule has 2 N–H and O–H groups in total. The predicted molar refractivity (Wildman–Crippen MR) is 99.0 cm³/mol. The van der Waals surface area contributed by atoms with Crippen molar-refractivity contribution in [1.82, 2.24) is 24.8 Å². The average molecular weight is 360 g/mol. The van der Waals surface area contributed by atoms with Gasteiger partial charge in [-0.05, 0) is 31.4 Å². The molecule has 4 rings (SSSR count). The van der Waals surface area contributed by atoms with Crippen LogP contribution in [-0.4, -0.2) is 31.5 Å². The van der Waals surface area contributed by atoms with E-state index in [0.29, 0.717) is 11.6 Å². The second-order valence-corrected chi connectivity index (χ2v) is 6.56. The van der Waals surface area contributed by atoms with Crippen LogP contribution < -0.4 is 5.32 Å². The van der Waals surface area contributed by atoms with Crippen LogP contribution in [0, 0.1) is 0 Å². The zero-order valence-corrected chi connectivity index (χ0v) is 14.9. The third kappa shape index (κ3) is 3.54. The molecule has 0 bridgehead atoms. The highest BCUT2D eigenvalue weighted by Gasteiger charge is 2.27. The Bertz CT molecular complexity index is 838. The summed E-state index contributed by atoms with van der Waals surface area (Å²) in [5, 5.41) is 3.15. The van der Waals surface area contributed by atoms with Gasteiger partial charge in [0.05, 0.1) is 23.6 Å². The number of aryl methyl sites for hydroxylation is 1. The number of carbonyl (C=O) groups is 1. The number of hydrogen-bond donors (Lipinski definition) is 2. The Kier molecular flexibility index (Phi) is 5.08. The van der Waals surface area contributed by atoms with Crippen LogP contribution in [0.25, 0.3) is 11.0 Å². The summed E-state index contributed by atoms with van der Waals surface area (Å²) in [6.45, 7) is 0. The zero-order valence-electron chi connectivity index (χ0n) is 14.1. The van der Waals surface area contributed by atoms with E-state index in [2.05, 4.69) is 21.4 Å². The Hall–Kier alpha value is -2.34. The molecule has 0 spiro atoms. The van der Waals surface area contributed by atoms with Crippen LogP contribution in [0.3, 0.4) is 0 Å². The summed E-state index contributed by atoms with van der Waals surface area (Å²) >= 11 is 0. The first-order valence-electron chi connectivity index (χ1n) is 8.42. The molecular formula is C18H22ClN5O. The number of rotatable bonds is 3. The van der Waals surface area contributed by atoms with Crippen molar-refractivity contribution in [1.29, 1.82) is 0 Å². The van der Waals surface area contributed by atoms with Gasteiger partial charge in [0, 0.05) is 19.0 Å². The fourth-order valence-corrected chi connectivity index (χ4v) is 3.57. The summed E-state index contributed by atoms with van der Waals surface area (Å²) in [5.41, 5.74) is 2.68. The standard InChI is InChI=1S/C18H21N5O.ClH/c1-23-11-19-10-16(23)18(24)20-13-6-4-5-12(9-13)17-21-14-7-2-3-8-15(14)22-17;/h2-3,7-8,10-13H,4-6,9H2,1H3,(H,20,24)(H,21,22);1H/t12-,13+;/m0./s1. The van der Waals surface area contributed by atoms with Crippen molar-refractivity contribution in [3.63, 3.8) is 0 Å². The Morgan fingerprint density at radius 1 is 1.32 bits per heavy atom. The number of aromatic amines is 1. The van der Waals surface area contributed by atoms with Gasteiger partial charge in [-0.3, -0.25) is 4.79 Å². The Labute approximate surface area is 152 Å². The molecule has 7 heteroatoms. The minimum absolute atomic E-state index is 0. The molecule has 0 aliphatic heterocycles. The number of carbonyl (C=O) groups excluding carboxylic acids is 1. The van der Waals surface area contributed by atoms with E-state index in [0.717, 1.165) is 42.5 Å². The van der Waals surface area contributed by atoms with E-state index < -0.39 is 0 Å². The molecule has 25 heavy (non-hydrogen) atoms. The van der Waals surface area contributed by atoms with Crippen molar-refractivity contribution in [3.05, 3.63) is 48.3 Å². The minimum atomic E-state index is -0.0507. The number of nitrogens with one attached hydrogen (secondary N) is 2. The quantitative estimate of drug-likeness (QED) is 0.754. The number of amides is 1. The van der Waals surface area contributed by atoms with E-state index in [-0.39, 0.29) is 24.4 Å². The maximum Gasteiger partial charge on any atom is 0.269 e. The number of H-pyrrole nitrogens is 1. The van der Waals surface area contributed by atoms with Gasteiger partial charge in [-0.1, -0.05) is 18.6 Å². The molecule has 2 atom stereocenters. The number of aromatic nitrogens is 4. The lowest BCUT2D eigenvalue weighted by Crippen LogP contribution is -2.38. The van der Waals surface area contributed by atoms with E-state index in [1.165, 1.54) is 0 Å². The molecule has 0 unspecified atom stereocenters. The van der Waals surface area contributed by atoms with E-state index in [9.17, 15) is 4.79 Å². The second-order valence-electron chi connectivity index (χ2n) is 6.56. The molecule has 6 nitrogen and oxygen atoms in total. The molecule has 3 aromatic rings. The van der Waals surface area contributed by atoms with E-state index in [4.69, 9.17) is 4.98 Å². The number of fused-ring (bicyclic) bond motifs is 1. The van der Waals surface area contributed by atoms with Gasteiger partial charge in [0.2, 0.25) is 0 Å². The number of benzene rings is 1. The number of hydrogen-bond acceptors (Lipinski definition) is 3. The normalized spacial score (nSPS) is 20.2. The molecule has 1 fully saturated rings. The molecule has 1 aliphatic rings. The Morgan fingerprint density at radius 3 is 2.92 bits per heavy atom. The van der Waals surface area contributed by atoms with Crippen LogP contribution in [0.5, 0.6) is 0 Å². The van der Waals surface area contributed by atoms with Crippen LogP contribution in [-0.2, 0) is 7.05 Å². The van der Waals surface area contributed by atoms with Gasteiger partial charge in [-0.15, -0.1) is 12.4 Å². The van der Waals surface area contributed by atoms with Gasteiger partial charge in [-0.25, -0.2) is 9.97 Å². The number of nitrogens with zero attached hydrogens (tertiary/aromatic N) is 3. The van der Waals surface area contributed by atoms with Gasteiger partial charge in [-0.2, -0.15) is 0 Å². The summed E-state index contributed by atoms with van der Waals surface area (Å²) in [4.78, 5) is 24.6. The van der Waals surface area contributed by atoms with Crippen molar-refractivity contribution >= 4 is 29.3 Å². The fraction of sp³-hybridized carbons (Fsp3) is 0.389. The van der Waals surface area contributed by atoms with Crippen LogP contribution in [0.15, 0.2) is 36.8 Å². The lowest BCUT2D eigenvalue weighted by molar-refractivity contribution is 0.0916. The zero-order chi connectivity index (χ0) is 16.5. The van der Waals surface area contributed by atoms with Crippen molar-refractivity contribution in [2.75, 3.05) is 0 Å². The van der Waals surface area contributed by atoms with E-state index in [1.54, 1.807) is 17.1 Å². The third-order valence-electron chi connectivity index (χ3n) is 4.85. The summed E-state index contributed by atoms with van der Waals surface area (Å²) in [5.74, 6) is 1.35. The van der Waals surface area contributed by atoms with Crippen molar-refractivity contribution in [2.45, 2.75) is 37.6 Å². The maximum atomic E-state index is 12.4. The average Bonchev–Trinajstić information content (AvgIpc) is 3.21. The molecule has 2 heterocycles. The largest absolute Gasteiger partial charge is 0.348 e. The van der Waals surface area contributed by atoms with Crippen molar-refractivity contribution in [2.24, 2.45) is 7.05 Å². The Balaban J connectivity index is 0.00000182. The van der Waals surface area contributed by atoms with Crippen LogP contribution >= 0.6 is 12.4 Å². The topological polar surface area (TPSA) is 75.6 Å². The van der Waals surface area contributed by atoms with Crippen LogP contribution in [0.2, 0.25) is 0 Å². The first-order chi connectivity index (χ1) is 11.7. The van der Waals surface area contributed by atoms with E-state index >= 15 is 0 Å². The summed E-state index contributed by atoms with van der Waals surface area (Å²) in [7, 11) is 1.83. The molecule has 0 saturated heterocycles. The van der Waals surface area contributed by atoms with E-state index in [1.807, 2.05) is 25.2 Å². The molecule has 0 radical (unpaired) electrons. The molecule has 1 aromatic carbocycles. The highest BCUT2D eigenvalue weighted by Crippen LogP contribution is 2.32. The number of imidazole rings is 2. The smallest absolute Gasteiger partial charge is 0.269 e. The molecule has 132 valence electrons. The monoisotopic (exact) mass is 359 g/mol. The van der Waals surface area contributed by atoms with Gasteiger partial charge >= 0.3 is 0 Å². The predicted octanol–water partition coefficient (Wildman–Crippen LogP) is 3.17. The Morgan fingerprint density at radius 2 is 2.16 bits per heavy atom. The van der Waals surface area contributed by atoms with Crippen LogP contribution in [0.4, 0.5) is 0 Å². The van der Waals surface area contributed by atoms with Gasteiger partial charge in [0.1, 0.15) is 11.5 Å². The minimum Gasteiger partial charge on any atom is -0.348 e. The number of halogens is 1. The number of para-hydroxylation sites is 2. The lowest BCUT2D eigenvalue weighted by atomic mass is 9.85. The van der Waals surface area contributed by atoms with Gasteiger partial charge in [0.15, 0.2) is 0 Å². The fourth-order valence-electron chi connectivity index (χ4n) is 3.57. The molecule has 1 amide bonds. The molecule has 1 aliphatic carbocycles. The maximum absolute atomic E-state index is 12.4. The van der Waals surface area contributed by atoms with Gasteiger partial charge < -0.3 is 14.9 Å².